The summed E-state index contributed by atoms with van der Waals surface area (Å²) in [5.41, 5.74) is 3.32. The molecule has 3 N–H and O–H groups in total. The molecule has 3 nitrogen and oxygen atoms in total. The molecule has 1 atom stereocenters. The van der Waals surface area contributed by atoms with Gasteiger partial charge in [-0.1, -0.05) is 57.3 Å². The van der Waals surface area contributed by atoms with E-state index in [4.69, 9.17) is 0 Å². The maximum atomic E-state index is 4.07. The molecule has 21 heavy (non-hydrogen) atoms. The van der Waals surface area contributed by atoms with E-state index in [2.05, 4.69) is 74.1 Å². The van der Waals surface area contributed by atoms with Gasteiger partial charge in [-0.05, 0) is 18.9 Å². The summed E-state index contributed by atoms with van der Waals surface area (Å²) in [5.74, 6) is 0. The highest BCUT2D eigenvalue weighted by Gasteiger charge is 2.04. The van der Waals surface area contributed by atoms with Crippen LogP contribution in [0.2, 0.25) is 0 Å². The van der Waals surface area contributed by atoms with E-state index in [1.807, 2.05) is 6.07 Å². The maximum absolute atomic E-state index is 4.07. The van der Waals surface area contributed by atoms with Gasteiger partial charge in [0.1, 0.15) is 0 Å². The quantitative estimate of drug-likeness (QED) is 0.619. The van der Waals surface area contributed by atoms with Gasteiger partial charge in [0.25, 0.3) is 0 Å². The lowest BCUT2D eigenvalue weighted by atomic mass is 10.1. The highest BCUT2D eigenvalue weighted by molar-refractivity contribution is 5.16. The topological polar surface area (TPSA) is 36.1 Å². The molecule has 1 aromatic rings. The van der Waals surface area contributed by atoms with Crippen LogP contribution in [0, 0.1) is 0 Å². The third-order valence-electron chi connectivity index (χ3n) is 3.11. The molecule has 0 aliphatic heterocycles. The summed E-state index contributed by atoms with van der Waals surface area (Å²) in [6, 6.07) is 11.3. The van der Waals surface area contributed by atoms with Gasteiger partial charge in [-0.15, -0.1) is 0 Å². The highest BCUT2D eigenvalue weighted by atomic mass is 15.0. The van der Waals surface area contributed by atoms with Crippen molar-refractivity contribution >= 4 is 0 Å². The predicted octanol–water partition coefficient (Wildman–Crippen LogP) is 2.82. The lowest BCUT2D eigenvalue weighted by Gasteiger charge is -2.19. The summed E-state index contributed by atoms with van der Waals surface area (Å²) in [6.07, 6.45) is 0.996. The van der Waals surface area contributed by atoms with Crippen LogP contribution in [0.3, 0.4) is 0 Å². The number of nitrogens with one attached hydrogen (secondary N) is 3. The average molecular weight is 287 g/mol. The molecular formula is C18H29N3. The predicted molar refractivity (Wildman–Crippen MR) is 92.2 cm³/mol. The monoisotopic (exact) mass is 287 g/mol. The number of rotatable bonds is 10. The first-order valence-corrected chi connectivity index (χ1v) is 7.60. The van der Waals surface area contributed by atoms with Gasteiger partial charge in [0.2, 0.25) is 0 Å². The molecule has 0 heterocycles. The van der Waals surface area contributed by atoms with Crippen molar-refractivity contribution < 1.29 is 0 Å². The van der Waals surface area contributed by atoms with Crippen LogP contribution in [0.5, 0.6) is 0 Å². The van der Waals surface area contributed by atoms with Crippen LogP contribution < -0.4 is 16.0 Å². The van der Waals surface area contributed by atoms with Crippen LogP contribution in [-0.2, 0) is 6.42 Å². The molecule has 1 rings (SSSR count). The van der Waals surface area contributed by atoms with Gasteiger partial charge in [-0.25, -0.2) is 0 Å². The zero-order chi connectivity index (χ0) is 15.7. The fourth-order valence-electron chi connectivity index (χ4n) is 2.04. The van der Waals surface area contributed by atoms with Crippen LogP contribution in [0.15, 0.2) is 54.9 Å². The Morgan fingerprint density at radius 1 is 1.00 bits per heavy atom. The zero-order valence-electron chi connectivity index (χ0n) is 13.6. The van der Waals surface area contributed by atoms with Crippen molar-refractivity contribution in [1.29, 1.82) is 0 Å². The molecule has 116 valence electrons. The van der Waals surface area contributed by atoms with Gasteiger partial charge in [-0.2, -0.15) is 0 Å². The molecule has 0 saturated carbocycles. The van der Waals surface area contributed by atoms with Gasteiger partial charge in [0.15, 0.2) is 0 Å². The molecule has 0 aromatic heterocycles. The molecule has 0 aliphatic rings. The van der Waals surface area contributed by atoms with Crippen LogP contribution in [0.4, 0.5) is 0 Å². The normalized spacial score (nSPS) is 12.0. The second-order valence-corrected chi connectivity index (χ2v) is 5.83. The van der Waals surface area contributed by atoms with Crippen molar-refractivity contribution in [2.45, 2.75) is 39.3 Å². The number of hydrogen-bond acceptors (Lipinski definition) is 3. The van der Waals surface area contributed by atoms with E-state index in [9.17, 15) is 0 Å². The van der Waals surface area contributed by atoms with Gasteiger partial charge < -0.3 is 16.0 Å². The van der Waals surface area contributed by atoms with Crippen molar-refractivity contribution in [3.63, 3.8) is 0 Å². The second-order valence-electron chi connectivity index (χ2n) is 5.83. The summed E-state index contributed by atoms with van der Waals surface area (Å²) in [7, 11) is 0. The fraction of sp³-hybridized carbons (Fsp3) is 0.444. The van der Waals surface area contributed by atoms with Crippen molar-refractivity contribution in [2.75, 3.05) is 13.1 Å². The van der Waals surface area contributed by atoms with Gasteiger partial charge >= 0.3 is 0 Å². The third kappa shape index (κ3) is 8.20. The maximum Gasteiger partial charge on any atom is 0.0539 e. The molecule has 1 aromatic carbocycles. The Morgan fingerprint density at radius 2 is 1.67 bits per heavy atom. The fourth-order valence-corrected chi connectivity index (χ4v) is 2.04. The minimum absolute atomic E-state index is 0.365. The molecule has 0 fully saturated rings. The standard InChI is InChI=1S/C18H29N3/c1-14(2)19-12-16(4)20-13-17(5)21-15(3)11-18-9-7-6-8-10-18/h6-10,14-15,19-21H,4-5,11-13H2,1-3H3. The molecule has 1 unspecified atom stereocenters. The van der Waals surface area contributed by atoms with Crippen molar-refractivity contribution in [1.82, 2.24) is 16.0 Å². The van der Waals surface area contributed by atoms with Crippen LogP contribution in [0.1, 0.15) is 26.3 Å². The minimum atomic E-state index is 0.365. The summed E-state index contributed by atoms with van der Waals surface area (Å²) in [6.45, 7) is 16.0. The number of hydrogen-bond donors (Lipinski definition) is 3. The average Bonchev–Trinajstić information content (AvgIpc) is 2.43. The Hall–Kier alpha value is -1.74. The van der Waals surface area contributed by atoms with Crippen molar-refractivity contribution in [3.05, 3.63) is 60.4 Å². The Balaban J connectivity index is 2.22. The van der Waals surface area contributed by atoms with E-state index >= 15 is 0 Å². The Labute approximate surface area is 129 Å². The molecule has 0 saturated heterocycles. The molecule has 0 spiro atoms. The molecule has 0 aliphatic carbocycles. The summed E-state index contributed by atoms with van der Waals surface area (Å²) >= 11 is 0. The van der Waals surface area contributed by atoms with Gasteiger partial charge in [-0.3, -0.25) is 0 Å². The third-order valence-corrected chi connectivity index (χ3v) is 3.11. The molecule has 3 heteroatoms. The number of benzene rings is 1. The molecular weight excluding hydrogens is 258 g/mol. The molecule has 0 amide bonds. The lowest BCUT2D eigenvalue weighted by Crippen LogP contribution is -2.34. The summed E-state index contributed by atoms with van der Waals surface area (Å²) < 4.78 is 0. The summed E-state index contributed by atoms with van der Waals surface area (Å²) in [5, 5.41) is 10.0. The van der Waals surface area contributed by atoms with Crippen LogP contribution in [0.25, 0.3) is 0 Å². The zero-order valence-corrected chi connectivity index (χ0v) is 13.6. The first kappa shape index (κ1) is 17.3. The molecule has 0 bridgehead atoms. The van der Waals surface area contributed by atoms with E-state index in [0.29, 0.717) is 18.6 Å². The highest BCUT2D eigenvalue weighted by Crippen LogP contribution is 2.03. The first-order valence-electron chi connectivity index (χ1n) is 7.60. The van der Waals surface area contributed by atoms with E-state index in [0.717, 1.165) is 24.4 Å². The lowest BCUT2D eigenvalue weighted by molar-refractivity contribution is 0.580. The molecule has 0 radical (unpaired) electrons. The van der Waals surface area contributed by atoms with E-state index in [1.54, 1.807) is 0 Å². The van der Waals surface area contributed by atoms with Crippen LogP contribution >= 0.6 is 0 Å². The van der Waals surface area contributed by atoms with E-state index in [-0.39, 0.29) is 0 Å². The van der Waals surface area contributed by atoms with Crippen molar-refractivity contribution in [2.24, 2.45) is 0 Å². The van der Waals surface area contributed by atoms with E-state index < -0.39 is 0 Å². The summed E-state index contributed by atoms with van der Waals surface area (Å²) in [4.78, 5) is 0. The van der Waals surface area contributed by atoms with E-state index in [1.165, 1.54) is 5.56 Å². The smallest absolute Gasteiger partial charge is 0.0539 e. The minimum Gasteiger partial charge on any atom is -0.385 e. The SMILES string of the molecule is C=C(CNC(C)C)NCC(=C)NC(C)Cc1ccccc1. The Bertz CT molecular complexity index is 437. The largest absolute Gasteiger partial charge is 0.385 e. The van der Waals surface area contributed by atoms with Crippen molar-refractivity contribution in [3.8, 4) is 0 Å². The second kappa shape index (κ2) is 9.24. The van der Waals surface area contributed by atoms with Gasteiger partial charge in [0.05, 0.1) is 6.54 Å². The van der Waals surface area contributed by atoms with Crippen LogP contribution in [-0.4, -0.2) is 25.2 Å². The Morgan fingerprint density at radius 3 is 2.29 bits per heavy atom. The van der Waals surface area contributed by atoms with Gasteiger partial charge in [0, 0.05) is 30.0 Å². The first-order chi connectivity index (χ1) is 9.97. The Kier molecular flexibility index (Phi) is 7.62.